The summed E-state index contributed by atoms with van der Waals surface area (Å²) in [5.74, 6) is -1.06. The number of benzene rings is 2. The number of carbonyl (C=O) groups excluding carboxylic acids is 2. The molecule has 0 heterocycles. The zero-order valence-corrected chi connectivity index (χ0v) is 14.0. The smallest absolute Gasteiger partial charge is 0.328 e. The maximum absolute atomic E-state index is 12.3. The lowest BCUT2D eigenvalue weighted by Gasteiger charge is -2.16. The molecule has 7 nitrogen and oxygen atoms in total. The molecule has 0 aliphatic rings. The fourth-order valence-corrected chi connectivity index (χ4v) is 2.29. The van der Waals surface area contributed by atoms with E-state index in [0.717, 1.165) is 0 Å². The SMILES string of the molecule is COC(=O)[C@@H](Cc1ccc([N+](=O)[O-])cc1)NC(=O)c1ccc(Cl)cc1. The maximum Gasteiger partial charge on any atom is 0.328 e. The van der Waals surface area contributed by atoms with Crippen molar-refractivity contribution in [2.24, 2.45) is 0 Å². The fourth-order valence-electron chi connectivity index (χ4n) is 2.17. The van der Waals surface area contributed by atoms with Crippen molar-refractivity contribution < 1.29 is 19.2 Å². The van der Waals surface area contributed by atoms with E-state index in [1.165, 1.54) is 43.5 Å². The van der Waals surface area contributed by atoms with Crippen molar-refractivity contribution in [3.05, 3.63) is 74.8 Å². The molecule has 0 aromatic heterocycles. The highest BCUT2D eigenvalue weighted by Crippen LogP contribution is 2.14. The predicted molar refractivity (Wildman–Crippen MR) is 91.5 cm³/mol. The Bertz CT molecular complexity index is 775. The summed E-state index contributed by atoms with van der Waals surface area (Å²) in [7, 11) is 1.22. The summed E-state index contributed by atoms with van der Waals surface area (Å²) >= 11 is 5.78. The van der Waals surface area contributed by atoms with E-state index >= 15 is 0 Å². The van der Waals surface area contributed by atoms with Crippen LogP contribution in [0, 0.1) is 10.1 Å². The van der Waals surface area contributed by atoms with Crippen LogP contribution in [0.25, 0.3) is 0 Å². The Kier molecular flexibility index (Phi) is 6.08. The molecule has 8 heteroatoms. The van der Waals surface area contributed by atoms with Crippen LogP contribution in [0.3, 0.4) is 0 Å². The van der Waals surface area contributed by atoms with E-state index in [4.69, 9.17) is 16.3 Å². The third kappa shape index (κ3) is 5.02. The average molecular weight is 363 g/mol. The van der Waals surface area contributed by atoms with Gasteiger partial charge in [0.15, 0.2) is 0 Å². The highest BCUT2D eigenvalue weighted by molar-refractivity contribution is 6.30. The van der Waals surface area contributed by atoms with Crippen molar-refractivity contribution in [3.8, 4) is 0 Å². The predicted octanol–water partition coefficient (Wildman–Crippen LogP) is 2.76. The molecule has 0 aliphatic heterocycles. The summed E-state index contributed by atoms with van der Waals surface area (Å²) in [6.07, 6.45) is 0.143. The minimum Gasteiger partial charge on any atom is -0.467 e. The molecule has 0 aliphatic carbocycles. The standard InChI is InChI=1S/C17H15ClN2O5/c1-25-17(22)15(10-11-2-8-14(9-3-11)20(23)24)19-16(21)12-4-6-13(18)7-5-12/h2-9,15H,10H2,1H3,(H,19,21)/t15-/m1/s1. The lowest BCUT2D eigenvalue weighted by molar-refractivity contribution is -0.384. The normalized spacial score (nSPS) is 11.4. The molecule has 2 aromatic rings. The molecule has 0 saturated heterocycles. The van der Waals surface area contributed by atoms with Crippen LogP contribution in [0.1, 0.15) is 15.9 Å². The van der Waals surface area contributed by atoms with Crippen LogP contribution in [0.2, 0.25) is 5.02 Å². The van der Waals surface area contributed by atoms with Crippen LogP contribution in [0.15, 0.2) is 48.5 Å². The molecule has 0 bridgehead atoms. The third-order valence-electron chi connectivity index (χ3n) is 3.48. The van der Waals surface area contributed by atoms with Gasteiger partial charge in [0.1, 0.15) is 6.04 Å². The molecule has 0 unspecified atom stereocenters. The first-order valence-corrected chi connectivity index (χ1v) is 7.66. The zero-order chi connectivity index (χ0) is 18.4. The van der Waals surface area contributed by atoms with Crippen molar-refractivity contribution in [3.63, 3.8) is 0 Å². The van der Waals surface area contributed by atoms with E-state index in [2.05, 4.69) is 5.32 Å². The van der Waals surface area contributed by atoms with E-state index in [1.54, 1.807) is 12.1 Å². The number of ether oxygens (including phenoxy) is 1. The van der Waals surface area contributed by atoms with Gasteiger partial charge in [0.05, 0.1) is 12.0 Å². The molecule has 1 amide bonds. The number of halogens is 1. The van der Waals surface area contributed by atoms with E-state index < -0.39 is 22.8 Å². The molecule has 25 heavy (non-hydrogen) atoms. The number of nitro groups is 1. The zero-order valence-electron chi connectivity index (χ0n) is 13.3. The number of carbonyl (C=O) groups is 2. The summed E-state index contributed by atoms with van der Waals surface area (Å²) < 4.78 is 4.72. The average Bonchev–Trinajstić information content (AvgIpc) is 2.61. The molecule has 0 fully saturated rings. The second-order valence-electron chi connectivity index (χ2n) is 5.18. The third-order valence-corrected chi connectivity index (χ3v) is 3.74. The summed E-state index contributed by atoms with van der Waals surface area (Å²) in [5.41, 5.74) is 0.947. The van der Waals surface area contributed by atoms with Crippen LogP contribution in [-0.4, -0.2) is 30.0 Å². The first kappa shape index (κ1) is 18.4. The van der Waals surface area contributed by atoms with Crippen LogP contribution in [-0.2, 0) is 16.0 Å². The summed E-state index contributed by atoms with van der Waals surface area (Å²) in [6, 6.07) is 11.0. The van der Waals surface area contributed by atoms with Crippen LogP contribution < -0.4 is 5.32 Å². The van der Waals surface area contributed by atoms with Crippen LogP contribution >= 0.6 is 11.6 Å². The summed E-state index contributed by atoms with van der Waals surface area (Å²) in [5, 5.41) is 13.8. The number of nitrogens with zero attached hydrogens (tertiary/aromatic N) is 1. The second-order valence-corrected chi connectivity index (χ2v) is 5.62. The minimum atomic E-state index is -0.922. The van der Waals surface area contributed by atoms with Crippen molar-refractivity contribution in [2.45, 2.75) is 12.5 Å². The number of non-ortho nitro benzene ring substituents is 1. The Balaban J connectivity index is 2.13. The Labute approximate surface area is 148 Å². The minimum absolute atomic E-state index is 0.0523. The lowest BCUT2D eigenvalue weighted by Crippen LogP contribution is -2.43. The van der Waals surface area contributed by atoms with Crippen molar-refractivity contribution >= 4 is 29.2 Å². The molecule has 1 atom stereocenters. The van der Waals surface area contributed by atoms with Crippen molar-refractivity contribution in [1.82, 2.24) is 5.32 Å². The number of hydrogen-bond acceptors (Lipinski definition) is 5. The van der Waals surface area contributed by atoms with Crippen molar-refractivity contribution in [1.29, 1.82) is 0 Å². The van der Waals surface area contributed by atoms with Crippen LogP contribution in [0.4, 0.5) is 5.69 Å². The number of rotatable bonds is 6. The molecule has 0 spiro atoms. The number of methoxy groups -OCH3 is 1. The first-order chi connectivity index (χ1) is 11.9. The molecular formula is C17H15ClN2O5. The Morgan fingerprint density at radius 1 is 1.16 bits per heavy atom. The van der Waals surface area contributed by atoms with E-state index in [-0.39, 0.29) is 12.1 Å². The first-order valence-electron chi connectivity index (χ1n) is 7.28. The second kappa shape index (κ2) is 8.25. The number of hydrogen-bond donors (Lipinski definition) is 1. The Hall–Kier alpha value is -2.93. The Morgan fingerprint density at radius 3 is 2.28 bits per heavy atom. The van der Waals surface area contributed by atoms with E-state index in [1.807, 2.05) is 0 Å². The van der Waals surface area contributed by atoms with Gasteiger partial charge in [-0.1, -0.05) is 23.7 Å². The highest BCUT2D eigenvalue weighted by atomic mass is 35.5. The summed E-state index contributed by atoms with van der Waals surface area (Å²) in [6.45, 7) is 0. The topological polar surface area (TPSA) is 98.5 Å². The number of amides is 1. The van der Waals surface area contributed by atoms with Gasteiger partial charge in [-0.15, -0.1) is 0 Å². The van der Waals surface area contributed by atoms with E-state index in [0.29, 0.717) is 16.1 Å². The van der Waals surface area contributed by atoms with Crippen molar-refractivity contribution in [2.75, 3.05) is 7.11 Å². The maximum atomic E-state index is 12.3. The largest absolute Gasteiger partial charge is 0.467 e. The van der Waals surface area contributed by atoms with Gasteiger partial charge in [0.25, 0.3) is 11.6 Å². The number of nitrogens with one attached hydrogen (secondary N) is 1. The monoisotopic (exact) mass is 362 g/mol. The fraction of sp³-hybridized carbons (Fsp3) is 0.176. The Morgan fingerprint density at radius 2 is 1.76 bits per heavy atom. The van der Waals surface area contributed by atoms with Gasteiger partial charge in [0.2, 0.25) is 0 Å². The molecule has 0 saturated carbocycles. The highest BCUT2D eigenvalue weighted by Gasteiger charge is 2.23. The number of nitro benzene ring substituents is 1. The van der Waals surface area contributed by atoms with Gasteiger partial charge in [0, 0.05) is 29.1 Å². The van der Waals surface area contributed by atoms with Gasteiger partial charge in [-0.05, 0) is 29.8 Å². The van der Waals surface area contributed by atoms with Gasteiger partial charge < -0.3 is 10.1 Å². The molecular weight excluding hydrogens is 348 g/mol. The lowest BCUT2D eigenvalue weighted by atomic mass is 10.0. The quantitative estimate of drug-likeness (QED) is 0.484. The summed E-state index contributed by atoms with van der Waals surface area (Å²) in [4.78, 5) is 34.4. The number of esters is 1. The van der Waals surface area contributed by atoms with Gasteiger partial charge in [-0.2, -0.15) is 0 Å². The molecule has 130 valence electrons. The van der Waals surface area contributed by atoms with Gasteiger partial charge in [-0.3, -0.25) is 14.9 Å². The molecule has 1 N–H and O–H groups in total. The van der Waals surface area contributed by atoms with Gasteiger partial charge >= 0.3 is 5.97 Å². The molecule has 2 aromatic carbocycles. The molecule has 2 rings (SSSR count). The molecule has 0 radical (unpaired) electrons. The van der Waals surface area contributed by atoms with E-state index in [9.17, 15) is 19.7 Å². The van der Waals surface area contributed by atoms with Crippen LogP contribution in [0.5, 0.6) is 0 Å². The van der Waals surface area contributed by atoms with Gasteiger partial charge in [-0.25, -0.2) is 4.79 Å².